The first kappa shape index (κ1) is 11.3. The molecule has 1 unspecified atom stereocenters. The van der Waals surface area contributed by atoms with E-state index in [2.05, 4.69) is 28.7 Å². The molecule has 1 aromatic rings. The van der Waals surface area contributed by atoms with E-state index >= 15 is 0 Å². The fourth-order valence-corrected chi connectivity index (χ4v) is 1.94. The molecule has 88 valence electrons. The first-order valence-corrected chi connectivity index (χ1v) is 5.80. The Balaban J connectivity index is 2.16. The summed E-state index contributed by atoms with van der Waals surface area (Å²) >= 11 is 0. The molecule has 1 atom stereocenters. The van der Waals surface area contributed by atoms with Crippen LogP contribution in [-0.2, 0) is 4.74 Å². The smallest absolute Gasteiger partial charge is 0.147 e. The van der Waals surface area contributed by atoms with Crippen LogP contribution in [0.3, 0.4) is 0 Å². The molecule has 0 bridgehead atoms. The summed E-state index contributed by atoms with van der Waals surface area (Å²) < 4.78 is 5.81. The molecule has 4 nitrogen and oxygen atoms in total. The molecule has 1 aliphatic rings. The van der Waals surface area contributed by atoms with Crippen LogP contribution in [0, 0.1) is 6.92 Å². The second-order valence-electron chi connectivity index (χ2n) is 4.59. The molecule has 0 spiro atoms. The van der Waals surface area contributed by atoms with Gasteiger partial charge in [-0.3, -0.25) is 4.98 Å². The van der Waals surface area contributed by atoms with Gasteiger partial charge in [-0.2, -0.15) is 0 Å². The summed E-state index contributed by atoms with van der Waals surface area (Å²) in [7, 11) is 0. The third kappa shape index (κ3) is 2.32. The van der Waals surface area contributed by atoms with E-state index in [1.54, 1.807) is 6.20 Å². The van der Waals surface area contributed by atoms with Crippen molar-refractivity contribution in [1.29, 1.82) is 0 Å². The van der Waals surface area contributed by atoms with Crippen LogP contribution in [0.25, 0.3) is 0 Å². The van der Waals surface area contributed by atoms with Crippen LogP contribution < -0.4 is 4.90 Å². The highest BCUT2D eigenvalue weighted by atomic mass is 16.5. The van der Waals surface area contributed by atoms with Crippen LogP contribution in [0.1, 0.15) is 26.0 Å². The van der Waals surface area contributed by atoms with Gasteiger partial charge in [-0.1, -0.05) is 6.92 Å². The molecule has 4 heteroatoms. The number of hydrogen-bond acceptors (Lipinski definition) is 4. The Labute approximate surface area is 96.7 Å². The third-order valence-electron chi connectivity index (χ3n) is 3.15. The fourth-order valence-electron chi connectivity index (χ4n) is 1.94. The van der Waals surface area contributed by atoms with Crippen LogP contribution >= 0.6 is 0 Å². The van der Waals surface area contributed by atoms with Gasteiger partial charge in [0.1, 0.15) is 5.82 Å². The summed E-state index contributed by atoms with van der Waals surface area (Å²) in [4.78, 5) is 10.9. The molecule has 2 rings (SSSR count). The molecule has 0 aromatic carbocycles. The van der Waals surface area contributed by atoms with Crippen LogP contribution in [-0.4, -0.2) is 35.3 Å². The average Bonchev–Trinajstić information content (AvgIpc) is 2.29. The average molecular weight is 221 g/mol. The van der Waals surface area contributed by atoms with Gasteiger partial charge in [0.15, 0.2) is 0 Å². The summed E-state index contributed by atoms with van der Waals surface area (Å²) in [5.41, 5.74) is 0.908. The van der Waals surface area contributed by atoms with E-state index in [1.807, 2.05) is 13.1 Å². The second-order valence-corrected chi connectivity index (χ2v) is 4.59. The van der Waals surface area contributed by atoms with Crippen molar-refractivity contribution in [3.05, 3.63) is 18.1 Å². The number of morpholine rings is 1. The van der Waals surface area contributed by atoms with Gasteiger partial charge in [0.05, 0.1) is 24.1 Å². The van der Waals surface area contributed by atoms with Gasteiger partial charge in [0.2, 0.25) is 0 Å². The zero-order valence-corrected chi connectivity index (χ0v) is 10.2. The number of anilines is 1. The van der Waals surface area contributed by atoms with Crippen LogP contribution in [0.4, 0.5) is 5.82 Å². The van der Waals surface area contributed by atoms with Crippen molar-refractivity contribution in [2.45, 2.75) is 32.8 Å². The number of rotatable bonds is 2. The number of ether oxygens (including phenoxy) is 1. The quantitative estimate of drug-likeness (QED) is 0.763. The van der Waals surface area contributed by atoms with Gasteiger partial charge in [0, 0.05) is 19.3 Å². The summed E-state index contributed by atoms with van der Waals surface area (Å²) in [5, 5.41) is 0. The molecule has 0 amide bonds. The molecule has 1 aliphatic heterocycles. The maximum atomic E-state index is 5.81. The first-order chi connectivity index (χ1) is 7.63. The lowest BCUT2D eigenvalue weighted by atomic mass is 10.0. The zero-order valence-electron chi connectivity index (χ0n) is 10.2. The standard InChI is InChI=1S/C12H19N3O/c1-4-12(3)9-15(5-6-16-12)11-8-13-7-10(2)14-11/h7-8H,4-6,9H2,1-3H3. The van der Waals surface area contributed by atoms with E-state index in [0.29, 0.717) is 0 Å². The van der Waals surface area contributed by atoms with Crippen molar-refractivity contribution in [2.75, 3.05) is 24.6 Å². The van der Waals surface area contributed by atoms with E-state index in [1.165, 1.54) is 0 Å². The first-order valence-electron chi connectivity index (χ1n) is 5.80. The van der Waals surface area contributed by atoms with E-state index in [-0.39, 0.29) is 5.60 Å². The topological polar surface area (TPSA) is 38.2 Å². The highest BCUT2D eigenvalue weighted by molar-refractivity contribution is 5.37. The minimum Gasteiger partial charge on any atom is -0.372 e. The van der Waals surface area contributed by atoms with Crippen molar-refractivity contribution in [1.82, 2.24) is 9.97 Å². The number of aryl methyl sites for hydroxylation is 1. The van der Waals surface area contributed by atoms with Gasteiger partial charge in [-0.05, 0) is 20.3 Å². The largest absolute Gasteiger partial charge is 0.372 e. The molecule has 0 saturated carbocycles. The van der Waals surface area contributed by atoms with Crippen molar-refractivity contribution in [3.8, 4) is 0 Å². The Morgan fingerprint density at radius 2 is 2.31 bits per heavy atom. The molecule has 1 saturated heterocycles. The molecule has 1 aromatic heterocycles. The van der Waals surface area contributed by atoms with Gasteiger partial charge in [0.25, 0.3) is 0 Å². The van der Waals surface area contributed by atoms with Crippen LogP contribution in [0.5, 0.6) is 0 Å². The van der Waals surface area contributed by atoms with Gasteiger partial charge in [-0.15, -0.1) is 0 Å². The molecular weight excluding hydrogens is 202 g/mol. The number of aromatic nitrogens is 2. The summed E-state index contributed by atoms with van der Waals surface area (Å²) in [6.45, 7) is 8.83. The van der Waals surface area contributed by atoms with Gasteiger partial charge < -0.3 is 9.64 Å². The zero-order chi connectivity index (χ0) is 11.6. The van der Waals surface area contributed by atoms with E-state index < -0.39 is 0 Å². The summed E-state index contributed by atoms with van der Waals surface area (Å²) in [6, 6.07) is 0. The van der Waals surface area contributed by atoms with E-state index in [0.717, 1.165) is 37.6 Å². The minimum absolute atomic E-state index is 0.0519. The summed E-state index contributed by atoms with van der Waals surface area (Å²) in [5.74, 6) is 0.961. The lowest BCUT2D eigenvalue weighted by Crippen LogP contribution is -2.50. The SMILES string of the molecule is CCC1(C)CN(c2cncc(C)n2)CCO1. The molecule has 16 heavy (non-hydrogen) atoms. The lowest BCUT2D eigenvalue weighted by Gasteiger charge is -2.40. The van der Waals surface area contributed by atoms with Crippen molar-refractivity contribution < 1.29 is 4.74 Å². The number of nitrogens with zero attached hydrogens (tertiary/aromatic N) is 3. The van der Waals surface area contributed by atoms with E-state index in [4.69, 9.17) is 4.74 Å². The molecule has 0 aliphatic carbocycles. The van der Waals surface area contributed by atoms with Gasteiger partial charge in [-0.25, -0.2) is 4.98 Å². The van der Waals surface area contributed by atoms with E-state index in [9.17, 15) is 0 Å². The van der Waals surface area contributed by atoms with Crippen LogP contribution in [0.2, 0.25) is 0 Å². The molecule has 1 fully saturated rings. The van der Waals surface area contributed by atoms with Crippen molar-refractivity contribution in [3.63, 3.8) is 0 Å². The normalized spacial score (nSPS) is 25.8. The van der Waals surface area contributed by atoms with Crippen molar-refractivity contribution >= 4 is 5.82 Å². The Hall–Kier alpha value is -1.16. The van der Waals surface area contributed by atoms with Gasteiger partial charge >= 0.3 is 0 Å². The minimum atomic E-state index is -0.0519. The Kier molecular flexibility index (Phi) is 3.10. The fraction of sp³-hybridized carbons (Fsp3) is 0.667. The number of hydrogen-bond donors (Lipinski definition) is 0. The highest BCUT2D eigenvalue weighted by Gasteiger charge is 2.30. The Morgan fingerprint density at radius 1 is 1.50 bits per heavy atom. The predicted molar refractivity (Wildman–Crippen MR) is 63.6 cm³/mol. The maximum absolute atomic E-state index is 5.81. The maximum Gasteiger partial charge on any atom is 0.147 e. The molecule has 0 radical (unpaired) electrons. The summed E-state index contributed by atoms with van der Waals surface area (Å²) in [6.07, 6.45) is 4.63. The Morgan fingerprint density at radius 3 is 3.00 bits per heavy atom. The second kappa shape index (κ2) is 4.37. The molecular formula is C12H19N3O. The Bertz CT molecular complexity index is 369. The molecule has 2 heterocycles. The highest BCUT2D eigenvalue weighted by Crippen LogP contribution is 2.24. The van der Waals surface area contributed by atoms with Crippen molar-refractivity contribution in [2.24, 2.45) is 0 Å². The monoisotopic (exact) mass is 221 g/mol. The predicted octanol–water partition coefficient (Wildman–Crippen LogP) is 1.79. The third-order valence-corrected chi connectivity index (χ3v) is 3.15. The lowest BCUT2D eigenvalue weighted by molar-refractivity contribution is -0.0443. The molecule has 0 N–H and O–H groups in total. The van der Waals surface area contributed by atoms with Crippen LogP contribution in [0.15, 0.2) is 12.4 Å².